The van der Waals surface area contributed by atoms with Crippen LogP contribution in [0.4, 0.5) is 9.18 Å². The van der Waals surface area contributed by atoms with E-state index in [1.54, 1.807) is 32.0 Å². The summed E-state index contributed by atoms with van der Waals surface area (Å²) in [6.07, 6.45) is 0. The molecular formula is C19H23FN2O3. The van der Waals surface area contributed by atoms with E-state index in [9.17, 15) is 14.3 Å². The third kappa shape index (κ3) is 5.46. The van der Waals surface area contributed by atoms with Crippen molar-refractivity contribution >= 4 is 6.03 Å². The quantitative estimate of drug-likeness (QED) is 0.722. The van der Waals surface area contributed by atoms with Crippen molar-refractivity contribution in [1.82, 2.24) is 10.6 Å². The van der Waals surface area contributed by atoms with E-state index >= 15 is 0 Å². The Hall–Kier alpha value is -2.60. The molecule has 3 N–H and O–H groups in total. The van der Waals surface area contributed by atoms with Crippen LogP contribution in [0.5, 0.6) is 5.75 Å². The van der Waals surface area contributed by atoms with Crippen molar-refractivity contribution in [2.24, 2.45) is 0 Å². The molecule has 2 rings (SSSR count). The highest BCUT2D eigenvalue weighted by molar-refractivity contribution is 5.73. The topological polar surface area (TPSA) is 70.6 Å². The Kier molecular flexibility index (Phi) is 6.36. The molecule has 25 heavy (non-hydrogen) atoms. The highest BCUT2D eigenvalue weighted by atomic mass is 19.1. The number of benzene rings is 2. The molecule has 0 saturated heterocycles. The number of carbonyl (C=O) groups excluding carboxylic acids is 1. The van der Waals surface area contributed by atoms with Gasteiger partial charge in [-0.05, 0) is 37.1 Å². The maximum absolute atomic E-state index is 13.8. The Bertz CT molecular complexity index is 705. The van der Waals surface area contributed by atoms with Crippen LogP contribution in [0.25, 0.3) is 0 Å². The van der Waals surface area contributed by atoms with Crippen molar-refractivity contribution in [2.45, 2.75) is 26.0 Å². The minimum atomic E-state index is -1.18. The fraction of sp³-hybridized carbons (Fsp3) is 0.316. The first-order valence-electron chi connectivity index (χ1n) is 8.13. The van der Waals surface area contributed by atoms with Gasteiger partial charge in [-0.3, -0.25) is 0 Å². The van der Waals surface area contributed by atoms with Crippen LogP contribution in [0.2, 0.25) is 0 Å². The third-order valence-electron chi connectivity index (χ3n) is 3.74. The number of amides is 2. The van der Waals surface area contributed by atoms with Gasteiger partial charge in [0.2, 0.25) is 0 Å². The van der Waals surface area contributed by atoms with Gasteiger partial charge in [0.05, 0.1) is 13.2 Å². The molecule has 0 aliphatic carbocycles. The van der Waals surface area contributed by atoms with Crippen LogP contribution in [0.3, 0.4) is 0 Å². The lowest BCUT2D eigenvalue weighted by Crippen LogP contribution is -2.43. The molecule has 5 nitrogen and oxygen atoms in total. The zero-order chi connectivity index (χ0) is 18.3. The molecular weight excluding hydrogens is 323 g/mol. The van der Waals surface area contributed by atoms with Gasteiger partial charge in [0.15, 0.2) is 11.6 Å². The Balaban J connectivity index is 1.84. The zero-order valence-electron chi connectivity index (χ0n) is 14.4. The van der Waals surface area contributed by atoms with Gasteiger partial charge in [-0.15, -0.1) is 0 Å². The average molecular weight is 346 g/mol. The molecule has 0 heterocycles. The summed E-state index contributed by atoms with van der Waals surface area (Å²) < 4.78 is 18.9. The Labute approximate surface area is 146 Å². The van der Waals surface area contributed by atoms with Crippen LogP contribution < -0.4 is 15.4 Å². The Morgan fingerprint density at radius 2 is 1.92 bits per heavy atom. The van der Waals surface area contributed by atoms with Crippen molar-refractivity contribution in [3.8, 4) is 5.75 Å². The maximum atomic E-state index is 13.8. The summed E-state index contributed by atoms with van der Waals surface area (Å²) >= 11 is 0. The van der Waals surface area contributed by atoms with Crippen LogP contribution >= 0.6 is 0 Å². The summed E-state index contributed by atoms with van der Waals surface area (Å²) in [4.78, 5) is 11.9. The fourth-order valence-electron chi connectivity index (χ4n) is 2.32. The third-order valence-corrected chi connectivity index (χ3v) is 3.74. The minimum Gasteiger partial charge on any atom is -0.491 e. The van der Waals surface area contributed by atoms with Crippen LogP contribution in [0.1, 0.15) is 25.0 Å². The first kappa shape index (κ1) is 18.7. The number of rotatable bonds is 7. The summed E-state index contributed by atoms with van der Waals surface area (Å²) in [6.45, 7) is 4.02. The molecule has 0 saturated carbocycles. The number of carbonyl (C=O) groups is 1. The van der Waals surface area contributed by atoms with Crippen molar-refractivity contribution in [2.75, 3.05) is 13.2 Å². The van der Waals surface area contributed by atoms with Gasteiger partial charge in [0.25, 0.3) is 0 Å². The predicted molar refractivity (Wildman–Crippen MR) is 93.8 cm³/mol. The van der Waals surface area contributed by atoms with E-state index in [4.69, 9.17) is 4.74 Å². The number of ether oxygens (including phenoxy) is 1. The predicted octanol–water partition coefficient (Wildman–Crippen LogP) is 2.93. The summed E-state index contributed by atoms with van der Waals surface area (Å²) in [5, 5.41) is 15.7. The molecule has 2 aromatic rings. The van der Waals surface area contributed by atoms with Crippen molar-refractivity contribution in [3.63, 3.8) is 0 Å². The van der Waals surface area contributed by atoms with E-state index in [1.165, 1.54) is 12.1 Å². The molecule has 0 aromatic heterocycles. The molecule has 2 amide bonds. The molecule has 134 valence electrons. The number of hydrogen-bond donors (Lipinski definition) is 3. The smallest absolute Gasteiger partial charge is 0.315 e. The normalized spacial score (nSPS) is 13.0. The Morgan fingerprint density at radius 1 is 1.20 bits per heavy atom. The number of aliphatic hydroxyl groups is 1. The molecule has 0 aliphatic rings. The van der Waals surface area contributed by atoms with Crippen LogP contribution in [0, 0.1) is 5.82 Å². The summed E-state index contributed by atoms with van der Waals surface area (Å²) in [7, 11) is 0. The van der Waals surface area contributed by atoms with Gasteiger partial charge in [-0.1, -0.05) is 36.4 Å². The van der Waals surface area contributed by atoms with Crippen molar-refractivity contribution in [1.29, 1.82) is 0 Å². The lowest BCUT2D eigenvalue weighted by molar-refractivity contribution is 0.0594. The van der Waals surface area contributed by atoms with E-state index in [0.29, 0.717) is 17.7 Å². The first-order chi connectivity index (χ1) is 11.9. The van der Waals surface area contributed by atoms with E-state index in [-0.39, 0.29) is 18.8 Å². The van der Waals surface area contributed by atoms with Crippen LogP contribution in [-0.4, -0.2) is 24.3 Å². The van der Waals surface area contributed by atoms with Crippen molar-refractivity contribution < 1.29 is 19.0 Å². The highest BCUT2D eigenvalue weighted by Crippen LogP contribution is 2.19. The summed E-state index contributed by atoms with van der Waals surface area (Å²) in [5.74, 6) is -0.275. The maximum Gasteiger partial charge on any atom is 0.315 e. The van der Waals surface area contributed by atoms with E-state index in [2.05, 4.69) is 10.6 Å². The number of urea groups is 1. The second-order valence-corrected chi connectivity index (χ2v) is 5.87. The molecule has 0 spiro atoms. The fourth-order valence-corrected chi connectivity index (χ4v) is 2.32. The SMILES string of the molecule is CCOc1ccc(CNC(=O)NCC(C)(O)c2ccccc2)cc1F. The molecule has 6 heteroatoms. The van der Waals surface area contributed by atoms with E-state index in [1.807, 2.05) is 18.2 Å². The van der Waals surface area contributed by atoms with Gasteiger partial charge >= 0.3 is 6.03 Å². The summed E-state index contributed by atoms with van der Waals surface area (Å²) in [6, 6.07) is 13.2. The first-order valence-corrected chi connectivity index (χ1v) is 8.13. The van der Waals surface area contributed by atoms with Crippen LogP contribution in [0.15, 0.2) is 48.5 Å². The molecule has 0 radical (unpaired) electrons. The van der Waals surface area contributed by atoms with Crippen LogP contribution in [-0.2, 0) is 12.1 Å². The number of hydrogen-bond acceptors (Lipinski definition) is 3. The monoisotopic (exact) mass is 346 g/mol. The molecule has 0 fully saturated rings. The van der Waals surface area contributed by atoms with Gasteiger partial charge in [-0.25, -0.2) is 9.18 Å². The minimum absolute atomic E-state index is 0.0560. The lowest BCUT2D eigenvalue weighted by Gasteiger charge is -2.24. The zero-order valence-corrected chi connectivity index (χ0v) is 14.4. The molecule has 2 aromatic carbocycles. The lowest BCUT2D eigenvalue weighted by atomic mass is 9.96. The second-order valence-electron chi connectivity index (χ2n) is 5.87. The van der Waals surface area contributed by atoms with Gasteiger partial charge in [-0.2, -0.15) is 0 Å². The van der Waals surface area contributed by atoms with E-state index < -0.39 is 17.4 Å². The van der Waals surface area contributed by atoms with E-state index in [0.717, 1.165) is 0 Å². The van der Waals surface area contributed by atoms with Crippen molar-refractivity contribution in [3.05, 3.63) is 65.5 Å². The second kappa shape index (κ2) is 8.48. The number of nitrogens with one attached hydrogen (secondary N) is 2. The molecule has 0 aliphatic heterocycles. The standard InChI is InChI=1S/C19H23FN2O3/c1-3-25-17-10-9-14(11-16(17)20)12-21-18(23)22-13-19(2,24)15-7-5-4-6-8-15/h4-11,24H,3,12-13H2,1-2H3,(H2,21,22,23). The highest BCUT2D eigenvalue weighted by Gasteiger charge is 2.23. The average Bonchev–Trinajstić information content (AvgIpc) is 2.61. The summed E-state index contributed by atoms with van der Waals surface area (Å²) in [5.41, 5.74) is 0.152. The molecule has 1 atom stereocenters. The van der Waals surface area contributed by atoms with Gasteiger partial charge in [0, 0.05) is 6.54 Å². The Morgan fingerprint density at radius 3 is 2.56 bits per heavy atom. The number of halogens is 1. The molecule has 1 unspecified atom stereocenters. The van der Waals surface area contributed by atoms with Gasteiger partial charge < -0.3 is 20.5 Å². The molecule has 0 bridgehead atoms. The van der Waals surface area contributed by atoms with Gasteiger partial charge in [0.1, 0.15) is 5.60 Å². The largest absolute Gasteiger partial charge is 0.491 e.